The predicted octanol–water partition coefficient (Wildman–Crippen LogP) is 1.80. The van der Waals surface area contributed by atoms with E-state index in [9.17, 15) is 19.1 Å². The Hall–Kier alpha value is -3.00. The van der Waals surface area contributed by atoms with E-state index in [4.69, 9.17) is 16.7 Å². The number of nitrogens with zero attached hydrogens (tertiary/aromatic N) is 3. The molecule has 0 saturated carbocycles. The first-order chi connectivity index (χ1) is 11.9. The Morgan fingerprint density at radius 1 is 1.20 bits per heavy atom. The van der Waals surface area contributed by atoms with Crippen LogP contribution in [0.3, 0.4) is 0 Å². The zero-order valence-electron chi connectivity index (χ0n) is 12.6. The molecule has 0 fully saturated rings. The zero-order chi connectivity index (χ0) is 18.1. The quantitative estimate of drug-likeness (QED) is 0.732. The van der Waals surface area contributed by atoms with Crippen LogP contribution >= 0.6 is 11.6 Å². The fourth-order valence-electron chi connectivity index (χ4n) is 2.49. The number of aliphatic hydroxyl groups excluding tert-OH is 1. The molecule has 0 aliphatic heterocycles. The summed E-state index contributed by atoms with van der Waals surface area (Å²) in [6, 6.07) is 4.98. The van der Waals surface area contributed by atoms with Gasteiger partial charge in [0, 0.05) is 17.0 Å². The first-order valence-electron chi connectivity index (χ1n) is 7.14. The van der Waals surface area contributed by atoms with Crippen LogP contribution in [0.2, 0.25) is 5.02 Å². The number of carbonyl (C=O) groups is 1. The van der Waals surface area contributed by atoms with Crippen LogP contribution in [0.15, 0.2) is 35.4 Å². The molecule has 128 valence electrons. The van der Waals surface area contributed by atoms with Gasteiger partial charge in [0.15, 0.2) is 11.0 Å². The summed E-state index contributed by atoms with van der Waals surface area (Å²) in [5.74, 6) is -2.10. The third-order valence-electron chi connectivity index (χ3n) is 3.53. The average molecular weight is 364 g/mol. The molecule has 1 aromatic carbocycles. The van der Waals surface area contributed by atoms with Crippen LogP contribution in [0.5, 0.6) is 0 Å². The topological polar surface area (TPSA) is 105 Å². The number of carboxylic acids is 1. The summed E-state index contributed by atoms with van der Waals surface area (Å²) in [6.45, 7) is 0. The van der Waals surface area contributed by atoms with E-state index < -0.39 is 23.0 Å². The minimum atomic E-state index is -1.11. The number of rotatable bonds is 4. The highest BCUT2D eigenvalue weighted by molar-refractivity contribution is 6.30. The van der Waals surface area contributed by atoms with E-state index in [0.29, 0.717) is 11.1 Å². The highest BCUT2D eigenvalue weighted by atomic mass is 35.5. The maximum Gasteiger partial charge on any atom is 0.303 e. The molecule has 0 atom stereocenters. The van der Waals surface area contributed by atoms with Gasteiger partial charge in [-0.05, 0) is 29.8 Å². The van der Waals surface area contributed by atoms with Crippen LogP contribution in [-0.2, 0) is 4.79 Å². The molecule has 0 bridgehead atoms. The van der Waals surface area contributed by atoms with Crippen molar-refractivity contribution >= 4 is 29.0 Å². The zero-order valence-corrected chi connectivity index (χ0v) is 13.4. The van der Waals surface area contributed by atoms with Gasteiger partial charge in [0.05, 0.1) is 6.42 Å². The van der Waals surface area contributed by atoms with Crippen molar-refractivity contribution in [3.05, 3.63) is 57.0 Å². The molecule has 0 aliphatic carbocycles. The van der Waals surface area contributed by atoms with E-state index >= 15 is 0 Å². The third kappa shape index (κ3) is 3.29. The summed E-state index contributed by atoms with van der Waals surface area (Å²) in [7, 11) is 0. The molecule has 2 aromatic heterocycles. The second-order valence-corrected chi connectivity index (χ2v) is 5.70. The van der Waals surface area contributed by atoms with Crippen molar-refractivity contribution in [1.82, 2.24) is 14.6 Å². The van der Waals surface area contributed by atoms with Crippen molar-refractivity contribution in [1.29, 1.82) is 0 Å². The standard InChI is InChI=1S/C16H11ClFN3O4/c17-9-3-8(4-10(18)5-9)11-6-13(23)15(12(22)1-2-14(24)25)21-16(11)19-7-20-21/h3-7,22H,1-2H2,(H,24,25). The molecular formula is C16H11ClFN3O4. The molecule has 25 heavy (non-hydrogen) atoms. The number of aromatic nitrogens is 3. The highest BCUT2D eigenvalue weighted by Gasteiger charge is 2.14. The van der Waals surface area contributed by atoms with Gasteiger partial charge in [-0.2, -0.15) is 5.10 Å². The van der Waals surface area contributed by atoms with Gasteiger partial charge in [-0.1, -0.05) is 11.6 Å². The Bertz CT molecular complexity index is 1080. The summed E-state index contributed by atoms with van der Waals surface area (Å²) in [4.78, 5) is 27.1. The minimum absolute atomic E-state index is 0.153. The molecular weight excluding hydrogens is 353 g/mol. The Morgan fingerprint density at radius 2 is 1.96 bits per heavy atom. The van der Waals surface area contributed by atoms with Crippen molar-refractivity contribution in [3.8, 4) is 11.1 Å². The smallest absolute Gasteiger partial charge is 0.303 e. The lowest BCUT2D eigenvalue weighted by Gasteiger charge is -2.06. The van der Waals surface area contributed by atoms with Crippen molar-refractivity contribution in [3.63, 3.8) is 0 Å². The van der Waals surface area contributed by atoms with Gasteiger partial charge in [-0.3, -0.25) is 9.59 Å². The van der Waals surface area contributed by atoms with Crippen molar-refractivity contribution in [2.24, 2.45) is 0 Å². The molecule has 3 aromatic rings. The largest absolute Gasteiger partial charge is 0.510 e. The van der Waals surface area contributed by atoms with Crippen LogP contribution in [0.25, 0.3) is 22.5 Å². The van der Waals surface area contributed by atoms with E-state index in [1.54, 1.807) is 0 Å². The van der Waals surface area contributed by atoms with Gasteiger partial charge < -0.3 is 10.2 Å². The van der Waals surface area contributed by atoms with Crippen molar-refractivity contribution < 1.29 is 19.4 Å². The lowest BCUT2D eigenvalue weighted by molar-refractivity contribution is -0.136. The van der Waals surface area contributed by atoms with E-state index in [2.05, 4.69) is 10.1 Å². The van der Waals surface area contributed by atoms with Gasteiger partial charge in [0.1, 0.15) is 17.9 Å². The first-order valence-corrected chi connectivity index (χ1v) is 7.52. The fourth-order valence-corrected chi connectivity index (χ4v) is 2.71. The third-order valence-corrected chi connectivity index (χ3v) is 3.75. The molecule has 0 amide bonds. The number of aliphatic carboxylic acids is 1. The SMILES string of the molecule is O=C(O)CCC(O)=c1c(=O)cc(-c2cc(F)cc(Cl)c2)c2ncnn12. The number of aliphatic hydroxyl groups is 1. The van der Waals surface area contributed by atoms with Crippen LogP contribution in [0, 0.1) is 5.82 Å². The number of fused-ring (bicyclic) bond motifs is 1. The lowest BCUT2D eigenvalue weighted by atomic mass is 10.1. The number of carboxylic acid groups (broad SMARTS) is 1. The first kappa shape index (κ1) is 16.8. The predicted molar refractivity (Wildman–Crippen MR) is 87.8 cm³/mol. The summed E-state index contributed by atoms with van der Waals surface area (Å²) >= 11 is 5.86. The van der Waals surface area contributed by atoms with Gasteiger partial charge in [-0.25, -0.2) is 13.9 Å². The fraction of sp³-hybridized carbons (Fsp3) is 0.125. The monoisotopic (exact) mass is 363 g/mol. The Kier molecular flexibility index (Phi) is 4.37. The van der Waals surface area contributed by atoms with Crippen molar-refractivity contribution in [2.75, 3.05) is 0 Å². The Morgan fingerprint density at radius 3 is 2.64 bits per heavy atom. The summed E-state index contributed by atoms with van der Waals surface area (Å²) in [5, 5.41) is 22.7. The van der Waals surface area contributed by atoms with Crippen LogP contribution in [0.4, 0.5) is 4.39 Å². The minimum Gasteiger partial charge on any atom is -0.510 e. The molecule has 7 nitrogen and oxygen atoms in total. The Labute approximate surface area is 144 Å². The van der Waals surface area contributed by atoms with E-state index in [1.807, 2.05) is 0 Å². The van der Waals surface area contributed by atoms with Gasteiger partial charge in [-0.15, -0.1) is 0 Å². The molecule has 2 N–H and O–H groups in total. The van der Waals surface area contributed by atoms with Crippen molar-refractivity contribution in [2.45, 2.75) is 12.8 Å². The van der Waals surface area contributed by atoms with E-state index in [0.717, 1.165) is 10.6 Å². The number of benzene rings is 1. The Balaban J connectivity index is 2.28. The number of hydrogen-bond donors (Lipinski definition) is 2. The highest BCUT2D eigenvalue weighted by Crippen LogP contribution is 2.25. The summed E-state index contributed by atoms with van der Waals surface area (Å²) < 4.78 is 14.7. The normalized spacial score (nSPS) is 12.4. The van der Waals surface area contributed by atoms with Gasteiger partial charge >= 0.3 is 5.97 Å². The average Bonchev–Trinajstić information content (AvgIpc) is 2.99. The summed E-state index contributed by atoms with van der Waals surface area (Å²) in [5.41, 5.74) is 0.227. The van der Waals surface area contributed by atoms with Crippen LogP contribution in [-0.4, -0.2) is 30.8 Å². The number of hydrogen-bond acceptors (Lipinski definition) is 5. The van der Waals surface area contributed by atoms with Crippen LogP contribution < -0.4 is 10.8 Å². The second kappa shape index (κ2) is 6.48. The molecule has 2 heterocycles. The molecule has 0 radical (unpaired) electrons. The maximum atomic E-state index is 13.6. The van der Waals surface area contributed by atoms with E-state index in [-0.39, 0.29) is 28.9 Å². The van der Waals surface area contributed by atoms with Gasteiger partial charge in [0.25, 0.3) is 0 Å². The number of halogens is 2. The maximum absolute atomic E-state index is 13.6. The summed E-state index contributed by atoms with van der Waals surface area (Å²) in [6.07, 6.45) is 0.598. The lowest BCUT2D eigenvalue weighted by Crippen LogP contribution is -2.34. The second-order valence-electron chi connectivity index (χ2n) is 5.26. The van der Waals surface area contributed by atoms with Gasteiger partial charge in [0.2, 0.25) is 5.43 Å². The molecule has 9 heteroatoms. The van der Waals surface area contributed by atoms with Crippen LogP contribution in [0.1, 0.15) is 12.8 Å². The number of pyridine rings is 1. The molecule has 0 spiro atoms. The molecule has 3 rings (SSSR count). The van der Waals surface area contributed by atoms with E-state index in [1.165, 1.54) is 24.5 Å². The molecule has 0 aliphatic rings. The molecule has 0 saturated heterocycles. The molecule has 0 unspecified atom stereocenters.